The molecule has 4 nitrogen and oxygen atoms in total. The standard InChI is InChI=1S/C19H20N2O2S2/c1-21(2)14-6-3-5-13(11-14)19(23)20-12-15-8-9-17(25-15)18(22)16-7-4-10-24-16/h3-11,18,22H,12H2,1-2H3,(H,20,23). The third-order valence-electron chi connectivity index (χ3n) is 3.81. The highest BCUT2D eigenvalue weighted by Gasteiger charge is 2.14. The summed E-state index contributed by atoms with van der Waals surface area (Å²) in [6, 6.07) is 15.3. The van der Waals surface area contributed by atoms with Gasteiger partial charge in [0.05, 0.1) is 6.54 Å². The molecule has 1 amide bonds. The van der Waals surface area contributed by atoms with Crippen LogP contribution in [-0.2, 0) is 6.54 Å². The molecule has 1 unspecified atom stereocenters. The van der Waals surface area contributed by atoms with E-state index in [0.717, 1.165) is 20.3 Å². The lowest BCUT2D eigenvalue weighted by atomic mass is 10.2. The molecule has 3 aromatic rings. The summed E-state index contributed by atoms with van der Waals surface area (Å²) < 4.78 is 0. The third-order valence-corrected chi connectivity index (χ3v) is 5.87. The average molecular weight is 373 g/mol. The Morgan fingerprint density at radius 3 is 2.72 bits per heavy atom. The average Bonchev–Trinajstić information content (AvgIpc) is 3.31. The van der Waals surface area contributed by atoms with Crippen LogP contribution in [0.15, 0.2) is 53.9 Å². The molecule has 25 heavy (non-hydrogen) atoms. The van der Waals surface area contributed by atoms with Crippen LogP contribution in [0.25, 0.3) is 0 Å². The Balaban J connectivity index is 1.62. The van der Waals surface area contributed by atoms with Crippen molar-refractivity contribution >= 4 is 34.3 Å². The van der Waals surface area contributed by atoms with Gasteiger partial charge in [0.15, 0.2) is 0 Å². The van der Waals surface area contributed by atoms with E-state index < -0.39 is 6.10 Å². The topological polar surface area (TPSA) is 52.6 Å². The van der Waals surface area contributed by atoms with Gasteiger partial charge in [0, 0.05) is 40.0 Å². The largest absolute Gasteiger partial charge is 0.382 e. The molecule has 6 heteroatoms. The summed E-state index contributed by atoms with van der Waals surface area (Å²) in [5.41, 5.74) is 1.63. The minimum absolute atomic E-state index is 0.0996. The molecule has 2 N–H and O–H groups in total. The zero-order chi connectivity index (χ0) is 17.8. The Bertz CT molecular complexity index is 841. The van der Waals surface area contributed by atoms with Crippen LogP contribution in [0.5, 0.6) is 0 Å². The molecular weight excluding hydrogens is 352 g/mol. The highest BCUT2D eigenvalue weighted by molar-refractivity contribution is 7.12. The quantitative estimate of drug-likeness (QED) is 0.690. The Hall–Kier alpha value is -2.15. The van der Waals surface area contributed by atoms with Gasteiger partial charge in [-0.2, -0.15) is 0 Å². The second kappa shape index (κ2) is 7.82. The second-order valence-electron chi connectivity index (χ2n) is 5.85. The van der Waals surface area contributed by atoms with Gasteiger partial charge < -0.3 is 15.3 Å². The number of aliphatic hydroxyl groups is 1. The first-order chi connectivity index (χ1) is 12.0. The van der Waals surface area contributed by atoms with Gasteiger partial charge in [0.25, 0.3) is 5.91 Å². The molecule has 3 rings (SSSR count). The van der Waals surface area contributed by atoms with E-state index in [1.807, 2.05) is 72.9 Å². The number of nitrogens with one attached hydrogen (secondary N) is 1. The summed E-state index contributed by atoms with van der Waals surface area (Å²) in [6.07, 6.45) is -0.591. The Morgan fingerprint density at radius 1 is 1.16 bits per heavy atom. The molecule has 0 aliphatic heterocycles. The Morgan fingerprint density at radius 2 is 2.00 bits per heavy atom. The van der Waals surface area contributed by atoms with Crippen molar-refractivity contribution in [3.05, 3.63) is 74.1 Å². The first kappa shape index (κ1) is 17.7. The monoisotopic (exact) mass is 372 g/mol. The van der Waals surface area contributed by atoms with Crippen molar-refractivity contribution in [1.29, 1.82) is 0 Å². The number of amides is 1. The van der Waals surface area contributed by atoms with Crippen LogP contribution in [0, 0.1) is 0 Å². The van der Waals surface area contributed by atoms with Gasteiger partial charge in [-0.15, -0.1) is 22.7 Å². The summed E-state index contributed by atoms with van der Waals surface area (Å²) in [6.45, 7) is 0.451. The fraction of sp³-hybridized carbons (Fsp3) is 0.211. The SMILES string of the molecule is CN(C)c1cccc(C(=O)NCc2ccc(C(O)c3cccs3)s2)c1. The number of thiophene rings is 2. The molecule has 0 spiro atoms. The van der Waals surface area contributed by atoms with Crippen molar-refractivity contribution in [2.45, 2.75) is 12.6 Å². The number of hydrogen-bond acceptors (Lipinski definition) is 5. The highest BCUT2D eigenvalue weighted by Crippen LogP contribution is 2.30. The Labute approximate surface area is 155 Å². The lowest BCUT2D eigenvalue weighted by molar-refractivity contribution is 0.0951. The minimum Gasteiger partial charge on any atom is -0.382 e. The minimum atomic E-state index is -0.591. The van der Waals surface area contributed by atoms with E-state index in [-0.39, 0.29) is 5.91 Å². The number of nitrogens with zero attached hydrogens (tertiary/aromatic N) is 1. The molecule has 0 aliphatic carbocycles. The maximum Gasteiger partial charge on any atom is 0.251 e. The van der Waals surface area contributed by atoms with Gasteiger partial charge >= 0.3 is 0 Å². The molecule has 130 valence electrons. The molecule has 1 atom stereocenters. The van der Waals surface area contributed by atoms with Crippen LogP contribution in [0.4, 0.5) is 5.69 Å². The maximum atomic E-state index is 12.3. The number of hydrogen-bond donors (Lipinski definition) is 2. The van der Waals surface area contributed by atoms with Crippen molar-refractivity contribution in [3.63, 3.8) is 0 Å². The lowest BCUT2D eigenvalue weighted by Gasteiger charge is -2.13. The first-order valence-corrected chi connectivity index (χ1v) is 9.60. The zero-order valence-corrected chi connectivity index (χ0v) is 15.7. The van der Waals surface area contributed by atoms with Gasteiger partial charge in [-0.3, -0.25) is 4.79 Å². The van der Waals surface area contributed by atoms with E-state index in [1.54, 1.807) is 0 Å². The summed E-state index contributed by atoms with van der Waals surface area (Å²) >= 11 is 3.06. The number of benzene rings is 1. The van der Waals surface area contributed by atoms with Crippen molar-refractivity contribution in [2.24, 2.45) is 0 Å². The number of anilines is 1. The van der Waals surface area contributed by atoms with Crippen LogP contribution in [0.2, 0.25) is 0 Å². The van der Waals surface area contributed by atoms with Crippen LogP contribution >= 0.6 is 22.7 Å². The van der Waals surface area contributed by atoms with Crippen molar-refractivity contribution in [1.82, 2.24) is 5.32 Å². The molecule has 2 heterocycles. The van der Waals surface area contributed by atoms with Crippen LogP contribution in [0.1, 0.15) is 31.1 Å². The van der Waals surface area contributed by atoms with E-state index in [9.17, 15) is 9.90 Å². The number of carbonyl (C=O) groups excluding carboxylic acids is 1. The fourth-order valence-electron chi connectivity index (χ4n) is 2.42. The van der Waals surface area contributed by atoms with Gasteiger partial charge in [0.2, 0.25) is 0 Å². The third kappa shape index (κ3) is 4.28. The van der Waals surface area contributed by atoms with Gasteiger partial charge in [-0.25, -0.2) is 0 Å². The van der Waals surface area contributed by atoms with Crippen LogP contribution in [-0.4, -0.2) is 25.1 Å². The first-order valence-electron chi connectivity index (χ1n) is 7.90. The Kier molecular flexibility index (Phi) is 5.53. The highest BCUT2D eigenvalue weighted by atomic mass is 32.1. The van der Waals surface area contributed by atoms with E-state index in [4.69, 9.17) is 0 Å². The summed E-state index contributed by atoms with van der Waals surface area (Å²) in [5.74, 6) is -0.0996. The van der Waals surface area contributed by atoms with E-state index in [2.05, 4.69) is 5.32 Å². The fourth-order valence-corrected chi connectivity index (χ4v) is 4.18. The predicted molar refractivity (Wildman–Crippen MR) is 105 cm³/mol. The lowest BCUT2D eigenvalue weighted by Crippen LogP contribution is -2.22. The molecule has 0 fully saturated rings. The molecule has 2 aromatic heterocycles. The number of rotatable bonds is 6. The smallest absolute Gasteiger partial charge is 0.251 e. The zero-order valence-electron chi connectivity index (χ0n) is 14.1. The van der Waals surface area contributed by atoms with Crippen molar-refractivity contribution in [2.75, 3.05) is 19.0 Å². The second-order valence-corrected chi connectivity index (χ2v) is 8.03. The molecule has 0 saturated carbocycles. The predicted octanol–water partition coefficient (Wildman–Crippen LogP) is 3.89. The van der Waals surface area contributed by atoms with Crippen LogP contribution in [0.3, 0.4) is 0 Å². The van der Waals surface area contributed by atoms with Crippen LogP contribution < -0.4 is 10.2 Å². The maximum absolute atomic E-state index is 12.3. The summed E-state index contributed by atoms with van der Waals surface area (Å²) in [7, 11) is 3.90. The number of carbonyl (C=O) groups is 1. The summed E-state index contributed by atoms with van der Waals surface area (Å²) in [5, 5.41) is 15.3. The molecular formula is C19H20N2O2S2. The van der Waals surface area contributed by atoms with Crippen molar-refractivity contribution < 1.29 is 9.90 Å². The molecule has 0 saturated heterocycles. The molecule has 1 aromatic carbocycles. The van der Waals surface area contributed by atoms with Gasteiger partial charge in [-0.05, 0) is 41.8 Å². The van der Waals surface area contributed by atoms with E-state index >= 15 is 0 Å². The van der Waals surface area contributed by atoms with Crippen molar-refractivity contribution in [3.8, 4) is 0 Å². The van der Waals surface area contributed by atoms with E-state index in [0.29, 0.717) is 12.1 Å². The van der Waals surface area contributed by atoms with Gasteiger partial charge in [-0.1, -0.05) is 12.1 Å². The van der Waals surface area contributed by atoms with Gasteiger partial charge in [0.1, 0.15) is 6.10 Å². The molecule has 0 aliphatic rings. The van der Waals surface area contributed by atoms with E-state index in [1.165, 1.54) is 22.7 Å². The summed E-state index contributed by atoms with van der Waals surface area (Å²) in [4.78, 5) is 17.1. The normalized spacial score (nSPS) is 12.0. The molecule has 0 radical (unpaired) electrons. The molecule has 0 bridgehead atoms. The number of aliphatic hydroxyl groups excluding tert-OH is 1.